The monoisotopic (exact) mass is 168 g/mol. The lowest BCUT2D eigenvalue weighted by atomic mass is 9.98. The van der Waals surface area contributed by atoms with E-state index in [4.69, 9.17) is 0 Å². The van der Waals surface area contributed by atoms with Gasteiger partial charge >= 0.3 is 0 Å². The highest BCUT2D eigenvalue weighted by atomic mass is 14.8. The third-order valence-corrected chi connectivity index (χ3v) is 2.37. The van der Waals surface area contributed by atoms with Gasteiger partial charge in [0.1, 0.15) is 0 Å². The van der Waals surface area contributed by atoms with E-state index < -0.39 is 0 Å². The molecule has 2 heterocycles. The molecule has 2 heteroatoms. The Kier molecular flexibility index (Phi) is 1.25. The summed E-state index contributed by atoms with van der Waals surface area (Å²) in [5.74, 6) is 0. The largest absolute Gasteiger partial charge is 0.262 e. The third-order valence-electron chi connectivity index (χ3n) is 2.37. The van der Waals surface area contributed by atoms with E-state index in [9.17, 15) is 0 Å². The highest BCUT2D eigenvalue weighted by Crippen LogP contribution is 2.36. The molecule has 13 heavy (non-hydrogen) atoms. The first-order valence-corrected chi connectivity index (χ1v) is 4.34. The molecule has 0 N–H and O–H groups in total. The molecule has 0 saturated carbocycles. The van der Waals surface area contributed by atoms with Crippen molar-refractivity contribution < 1.29 is 0 Å². The molecule has 3 rings (SSSR count). The zero-order chi connectivity index (χ0) is 8.67. The van der Waals surface area contributed by atoms with Crippen molar-refractivity contribution in [2.45, 2.75) is 6.42 Å². The van der Waals surface area contributed by atoms with Crippen molar-refractivity contribution in [1.82, 2.24) is 4.98 Å². The van der Waals surface area contributed by atoms with Crippen LogP contribution in [-0.2, 0) is 0 Å². The second-order valence-corrected chi connectivity index (χ2v) is 3.16. The summed E-state index contributed by atoms with van der Waals surface area (Å²) in [5, 5.41) is 0. The maximum absolute atomic E-state index is 4.51. The zero-order valence-electron chi connectivity index (χ0n) is 7.07. The fourth-order valence-corrected chi connectivity index (χ4v) is 1.75. The minimum atomic E-state index is 0.945. The Morgan fingerprint density at radius 1 is 1.31 bits per heavy atom. The van der Waals surface area contributed by atoms with E-state index in [1.807, 2.05) is 18.5 Å². The van der Waals surface area contributed by atoms with Crippen LogP contribution in [0.25, 0.3) is 5.57 Å². The number of rotatable bonds is 0. The highest BCUT2D eigenvalue weighted by Gasteiger charge is 2.20. The molecule has 0 amide bonds. The van der Waals surface area contributed by atoms with Crippen LogP contribution in [0.5, 0.6) is 0 Å². The Bertz CT molecular complexity index is 453. The summed E-state index contributed by atoms with van der Waals surface area (Å²) in [6.45, 7) is 0. The molecule has 0 spiro atoms. The first-order valence-electron chi connectivity index (χ1n) is 4.34. The minimum Gasteiger partial charge on any atom is -0.262 e. The average molecular weight is 168 g/mol. The van der Waals surface area contributed by atoms with Crippen molar-refractivity contribution >= 4 is 17.0 Å². The summed E-state index contributed by atoms with van der Waals surface area (Å²) in [7, 11) is 0. The van der Waals surface area contributed by atoms with Gasteiger partial charge in [0, 0.05) is 23.8 Å². The second-order valence-electron chi connectivity index (χ2n) is 3.16. The van der Waals surface area contributed by atoms with Crippen LogP contribution in [0.2, 0.25) is 0 Å². The summed E-state index contributed by atoms with van der Waals surface area (Å²) >= 11 is 0. The van der Waals surface area contributed by atoms with Gasteiger partial charge in [-0.3, -0.25) is 9.98 Å². The number of allylic oxidation sites excluding steroid dienone is 4. The van der Waals surface area contributed by atoms with E-state index in [1.54, 1.807) is 0 Å². The average Bonchev–Trinajstić information content (AvgIpc) is 2.56. The van der Waals surface area contributed by atoms with Crippen LogP contribution >= 0.6 is 0 Å². The Morgan fingerprint density at radius 3 is 3.31 bits per heavy atom. The molecule has 0 saturated heterocycles. The van der Waals surface area contributed by atoms with Gasteiger partial charge in [0.15, 0.2) is 0 Å². The number of hydrogen-bond acceptors (Lipinski definition) is 2. The SMILES string of the molecule is C1=CCC2=Nc3cnccc3C2=C1. The van der Waals surface area contributed by atoms with Gasteiger partial charge < -0.3 is 0 Å². The van der Waals surface area contributed by atoms with Crippen molar-refractivity contribution in [2.75, 3.05) is 0 Å². The number of pyridine rings is 1. The Labute approximate surface area is 76.3 Å². The molecular formula is C11H8N2. The Hall–Kier alpha value is -1.70. The van der Waals surface area contributed by atoms with Crippen molar-refractivity contribution in [3.8, 4) is 0 Å². The standard InChI is InChI=1S/C11H8N2/c1-2-4-10-8(3-1)9-5-6-12-7-11(9)13-10/h1-3,5-7H,4H2. The van der Waals surface area contributed by atoms with E-state index in [-0.39, 0.29) is 0 Å². The van der Waals surface area contributed by atoms with E-state index in [1.165, 1.54) is 16.8 Å². The molecule has 2 nitrogen and oxygen atoms in total. The molecule has 1 aromatic heterocycles. The summed E-state index contributed by atoms with van der Waals surface area (Å²) in [5.41, 5.74) is 4.66. The van der Waals surface area contributed by atoms with Gasteiger partial charge in [-0.15, -0.1) is 0 Å². The van der Waals surface area contributed by atoms with Crippen LogP contribution in [0.1, 0.15) is 12.0 Å². The molecule has 1 aliphatic heterocycles. The summed E-state index contributed by atoms with van der Waals surface area (Å²) in [6.07, 6.45) is 10.9. The first-order chi connectivity index (χ1) is 6.45. The maximum Gasteiger partial charge on any atom is 0.0895 e. The van der Waals surface area contributed by atoms with Gasteiger partial charge in [0.05, 0.1) is 17.6 Å². The quantitative estimate of drug-likeness (QED) is 0.584. The number of aliphatic imine (C=N–C) groups is 1. The minimum absolute atomic E-state index is 0.945. The molecular weight excluding hydrogens is 160 g/mol. The predicted octanol–water partition coefficient (Wildman–Crippen LogP) is 2.51. The lowest BCUT2D eigenvalue weighted by molar-refractivity contribution is 1.30. The van der Waals surface area contributed by atoms with Crippen molar-refractivity contribution in [3.05, 3.63) is 42.3 Å². The molecule has 0 aromatic carbocycles. The molecule has 0 atom stereocenters. The number of aromatic nitrogens is 1. The van der Waals surface area contributed by atoms with E-state index >= 15 is 0 Å². The fraction of sp³-hybridized carbons (Fsp3) is 0.0909. The number of fused-ring (bicyclic) bond motifs is 3. The molecule has 0 bridgehead atoms. The molecule has 0 radical (unpaired) electrons. The normalized spacial score (nSPS) is 17.5. The van der Waals surface area contributed by atoms with Gasteiger partial charge in [-0.05, 0) is 6.07 Å². The number of nitrogens with zero attached hydrogens (tertiary/aromatic N) is 2. The van der Waals surface area contributed by atoms with Gasteiger partial charge in [0.2, 0.25) is 0 Å². The summed E-state index contributed by atoms with van der Waals surface area (Å²) in [4.78, 5) is 8.57. The Balaban J connectivity index is 2.26. The molecule has 0 fully saturated rings. The second kappa shape index (κ2) is 2.39. The Morgan fingerprint density at radius 2 is 2.31 bits per heavy atom. The zero-order valence-corrected chi connectivity index (χ0v) is 7.07. The first kappa shape index (κ1) is 6.78. The van der Waals surface area contributed by atoms with Gasteiger partial charge in [-0.1, -0.05) is 18.2 Å². The molecule has 62 valence electrons. The van der Waals surface area contributed by atoms with Crippen LogP contribution < -0.4 is 0 Å². The van der Waals surface area contributed by atoms with Crippen LogP contribution in [0.3, 0.4) is 0 Å². The predicted molar refractivity (Wildman–Crippen MR) is 53.1 cm³/mol. The molecule has 0 unspecified atom stereocenters. The van der Waals surface area contributed by atoms with Crippen molar-refractivity contribution in [3.63, 3.8) is 0 Å². The van der Waals surface area contributed by atoms with Crippen molar-refractivity contribution in [2.24, 2.45) is 4.99 Å². The van der Waals surface area contributed by atoms with Crippen LogP contribution in [-0.4, -0.2) is 10.7 Å². The van der Waals surface area contributed by atoms with E-state index in [0.717, 1.165) is 12.1 Å². The molecule has 1 aromatic rings. The lowest BCUT2D eigenvalue weighted by Gasteiger charge is -2.04. The van der Waals surface area contributed by atoms with E-state index in [0.29, 0.717) is 0 Å². The molecule has 1 aliphatic carbocycles. The lowest BCUT2D eigenvalue weighted by Crippen LogP contribution is -1.97. The van der Waals surface area contributed by atoms with Crippen molar-refractivity contribution in [1.29, 1.82) is 0 Å². The summed E-state index contributed by atoms with van der Waals surface area (Å²) < 4.78 is 0. The number of hydrogen-bond donors (Lipinski definition) is 0. The smallest absolute Gasteiger partial charge is 0.0895 e. The van der Waals surface area contributed by atoms with Crippen LogP contribution in [0.4, 0.5) is 5.69 Å². The van der Waals surface area contributed by atoms with Gasteiger partial charge in [0.25, 0.3) is 0 Å². The van der Waals surface area contributed by atoms with Gasteiger partial charge in [-0.2, -0.15) is 0 Å². The van der Waals surface area contributed by atoms with Gasteiger partial charge in [-0.25, -0.2) is 0 Å². The summed E-state index contributed by atoms with van der Waals surface area (Å²) in [6, 6.07) is 2.02. The fourth-order valence-electron chi connectivity index (χ4n) is 1.75. The topological polar surface area (TPSA) is 25.2 Å². The third kappa shape index (κ3) is 0.886. The maximum atomic E-state index is 4.51. The van der Waals surface area contributed by atoms with Crippen LogP contribution in [0.15, 0.2) is 41.7 Å². The van der Waals surface area contributed by atoms with Crippen LogP contribution in [0, 0.1) is 0 Å². The highest BCUT2D eigenvalue weighted by molar-refractivity contribution is 6.30. The van der Waals surface area contributed by atoms with E-state index in [2.05, 4.69) is 28.2 Å². The molecule has 2 aliphatic rings.